The van der Waals surface area contributed by atoms with Crippen LogP contribution in [0.5, 0.6) is 17.2 Å². The van der Waals surface area contributed by atoms with Crippen molar-refractivity contribution in [2.75, 3.05) is 40.6 Å². The molecule has 1 fully saturated rings. The van der Waals surface area contributed by atoms with Crippen molar-refractivity contribution in [2.45, 2.75) is 26.3 Å². The zero-order valence-electron chi connectivity index (χ0n) is 20.0. The quantitative estimate of drug-likeness (QED) is 0.302. The fourth-order valence-corrected chi connectivity index (χ4v) is 3.86. The van der Waals surface area contributed by atoms with Gasteiger partial charge in [0.25, 0.3) is 11.7 Å². The molecular formula is C26H31NO7. The predicted octanol–water partition coefficient (Wildman–Crippen LogP) is 3.95. The highest BCUT2D eigenvalue weighted by atomic mass is 16.5. The lowest BCUT2D eigenvalue weighted by molar-refractivity contribution is -0.140. The molecule has 34 heavy (non-hydrogen) atoms. The maximum Gasteiger partial charge on any atom is 0.295 e. The molecule has 1 heterocycles. The summed E-state index contributed by atoms with van der Waals surface area (Å²) in [4.78, 5) is 27.4. The number of benzene rings is 2. The van der Waals surface area contributed by atoms with E-state index in [-0.39, 0.29) is 24.5 Å². The van der Waals surface area contributed by atoms with Gasteiger partial charge in [-0.25, -0.2) is 0 Å². The van der Waals surface area contributed by atoms with Crippen LogP contribution in [0.1, 0.15) is 37.4 Å². The summed E-state index contributed by atoms with van der Waals surface area (Å²) in [5.41, 5.74) is 1.03. The fraction of sp³-hybridized carbons (Fsp3) is 0.385. The van der Waals surface area contributed by atoms with Crippen LogP contribution in [0, 0.1) is 0 Å². The molecule has 0 aliphatic carbocycles. The molecule has 1 aliphatic heterocycles. The number of likely N-dealkylation sites (tertiary alicyclic amines) is 1. The van der Waals surface area contributed by atoms with Gasteiger partial charge in [0.2, 0.25) is 0 Å². The molecule has 0 saturated carbocycles. The maximum absolute atomic E-state index is 13.1. The van der Waals surface area contributed by atoms with E-state index in [2.05, 4.69) is 0 Å². The number of nitrogens with zero attached hydrogens (tertiary/aromatic N) is 1. The Morgan fingerprint density at radius 2 is 1.71 bits per heavy atom. The first-order valence-corrected chi connectivity index (χ1v) is 11.3. The Hall–Kier alpha value is -3.52. The molecule has 3 rings (SSSR count). The maximum atomic E-state index is 13.1. The zero-order chi connectivity index (χ0) is 24.7. The monoisotopic (exact) mass is 469 g/mol. The van der Waals surface area contributed by atoms with E-state index in [0.717, 1.165) is 6.42 Å². The summed E-state index contributed by atoms with van der Waals surface area (Å²) >= 11 is 0. The number of ketones is 1. The number of hydrogen-bond donors (Lipinski definition) is 1. The number of carbonyl (C=O) groups excluding carboxylic acids is 2. The fourth-order valence-electron chi connectivity index (χ4n) is 3.86. The van der Waals surface area contributed by atoms with E-state index < -0.39 is 17.7 Å². The van der Waals surface area contributed by atoms with E-state index in [9.17, 15) is 14.7 Å². The van der Waals surface area contributed by atoms with Crippen LogP contribution in [-0.4, -0.2) is 62.3 Å². The number of ether oxygens (including phenoxy) is 4. The van der Waals surface area contributed by atoms with Gasteiger partial charge in [-0.2, -0.15) is 0 Å². The first kappa shape index (κ1) is 25.1. The van der Waals surface area contributed by atoms with Crippen LogP contribution in [0.15, 0.2) is 48.0 Å². The largest absolute Gasteiger partial charge is 0.507 e. The molecule has 0 radical (unpaired) electrons. The average Bonchev–Trinajstić information content (AvgIpc) is 3.11. The molecule has 1 aliphatic rings. The third kappa shape index (κ3) is 5.17. The van der Waals surface area contributed by atoms with Gasteiger partial charge in [-0.05, 0) is 55.3 Å². The van der Waals surface area contributed by atoms with Crippen LogP contribution < -0.4 is 14.2 Å². The topological polar surface area (TPSA) is 94.5 Å². The predicted molar refractivity (Wildman–Crippen MR) is 127 cm³/mol. The van der Waals surface area contributed by atoms with Gasteiger partial charge in [0.1, 0.15) is 11.5 Å². The Morgan fingerprint density at radius 1 is 0.971 bits per heavy atom. The summed E-state index contributed by atoms with van der Waals surface area (Å²) in [5, 5.41) is 11.2. The van der Waals surface area contributed by atoms with Crippen molar-refractivity contribution >= 4 is 17.4 Å². The Bertz CT molecular complexity index is 1050. The van der Waals surface area contributed by atoms with Crippen molar-refractivity contribution < 1.29 is 33.6 Å². The Balaban J connectivity index is 2.09. The van der Waals surface area contributed by atoms with Crippen LogP contribution in [-0.2, 0) is 14.3 Å². The van der Waals surface area contributed by atoms with Crippen LogP contribution in [0.25, 0.3) is 5.76 Å². The molecule has 1 atom stereocenters. The van der Waals surface area contributed by atoms with Crippen molar-refractivity contribution in [3.8, 4) is 17.2 Å². The first-order valence-electron chi connectivity index (χ1n) is 11.3. The Morgan fingerprint density at radius 3 is 2.32 bits per heavy atom. The molecule has 2 aromatic carbocycles. The Kier molecular flexibility index (Phi) is 8.54. The highest BCUT2D eigenvalue weighted by Crippen LogP contribution is 2.42. The third-order valence-electron chi connectivity index (χ3n) is 5.48. The highest BCUT2D eigenvalue weighted by molar-refractivity contribution is 6.46. The van der Waals surface area contributed by atoms with E-state index in [1.807, 2.05) is 13.8 Å². The second-order valence-electron chi connectivity index (χ2n) is 7.70. The average molecular weight is 470 g/mol. The van der Waals surface area contributed by atoms with Crippen molar-refractivity contribution in [1.82, 2.24) is 4.90 Å². The van der Waals surface area contributed by atoms with Crippen LogP contribution in [0.2, 0.25) is 0 Å². The molecule has 182 valence electrons. The molecule has 1 N–H and O–H groups in total. The lowest BCUT2D eigenvalue weighted by Crippen LogP contribution is -2.32. The van der Waals surface area contributed by atoms with Crippen molar-refractivity contribution in [3.05, 3.63) is 59.2 Å². The van der Waals surface area contributed by atoms with Crippen LogP contribution in [0.4, 0.5) is 0 Å². The molecule has 1 unspecified atom stereocenters. The van der Waals surface area contributed by atoms with Crippen molar-refractivity contribution in [2.24, 2.45) is 0 Å². The van der Waals surface area contributed by atoms with Gasteiger partial charge < -0.3 is 29.0 Å². The lowest BCUT2D eigenvalue weighted by Gasteiger charge is -2.25. The van der Waals surface area contributed by atoms with Crippen LogP contribution >= 0.6 is 0 Å². The van der Waals surface area contributed by atoms with Gasteiger partial charge in [0.05, 0.1) is 38.5 Å². The molecule has 0 spiro atoms. The normalized spacial score (nSPS) is 17.2. The molecule has 8 heteroatoms. The van der Waals surface area contributed by atoms with E-state index >= 15 is 0 Å². The van der Waals surface area contributed by atoms with Gasteiger partial charge >= 0.3 is 0 Å². The minimum Gasteiger partial charge on any atom is -0.507 e. The number of hydrogen-bond acceptors (Lipinski definition) is 7. The molecule has 2 aromatic rings. The van der Waals surface area contributed by atoms with Gasteiger partial charge in [-0.15, -0.1) is 0 Å². The highest BCUT2D eigenvalue weighted by Gasteiger charge is 2.46. The van der Waals surface area contributed by atoms with Crippen molar-refractivity contribution in [1.29, 1.82) is 0 Å². The number of methoxy groups -OCH3 is 2. The second kappa shape index (κ2) is 11.6. The summed E-state index contributed by atoms with van der Waals surface area (Å²) in [6.07, 6.45) is 0.873. The summed E-state index contributed by atoms with van der Waals surface area (Å²) in [7, 11) is 3.04. The number of aliphatic hydroxyl groups excluding tert-OH is 1. The summed E-state index contributed by atoms with van der Waals surface area (Å²) in [5.74, 6) is -0.0265. The summed E-state index contributed by atoms with van der Waals surface area (Å²) in [6.45, 7) is 5.34. The van der Waals surface area contributed by atoms with Gasteiger partial charge in [-0.3, -0.25) is 9.59 Å². The Labute approximate surface area is 199 Å². The van der Waals surface area contributed by atoms with E-state index in [1.54, 1.807) is 42.5 Å². The first-order chi connectivity index (χ1) is 16.5. The third-order valence-corrected chi connectivity index (χ3v) is 5.48. The van der Waals surface area contributed by atoms with E-state index in [1.165, 1.54) is 19.1 Å². The van der Waals surface area contributed by atoms with Crippen LogP contribution in [0.3, 0.4) is 0 Å². The summed E-state index contributed by atoms with van der Waals surface area (Å²) in [6, 6.07) is 11.2. The van der Waals surface area contributed by atoms with E-state index in [0.29, 0.717) is 41.6 Å². The molecule has 0 aromatic heterocycles. The van der Waals surface area contributed by atoms with E-state index in [4.69, 9.17) is 18.9 Å². The standard InChI is InChI=1S/C26H31NO7/c1-5-14-34-19-10-7-17(8-11-19)24(28)22-23(27(13-15-31-3)26(30)25(22)29)18-9-12-20(33-6-2)21(16-18)32-4/h7-12,16,23,28H,5-6,13-15H2,1-4H3/b24-22-. The smallest absolute Gasteiger partial charge is 0.295 e. The SMILES string of the molecule is CCCOc1ccc(/C(O)=C2/C(=O)C(=O)N(CCOC)C2c2ccc(OCC)c(OC)c2)cc1. The van der Waals surface area contributed by atoms with Gasteiger partial charge in [0, 0.05) is 19.2 Å². The number of amides is 1. The molecule has 0 bridgehead atoms. The number of rotatable bonds is 11. The molecule has 1 saturated heterocycles. The van der Waals surface area contributed by atoms with Crippen molar-refractivity contribution in [3.63, 3.8) is 0 Å². The number of Topliss-reactive ketones (excluding diaryl/α,β-unsaturated/α-hetero) is 1. The minimum atomic E-state index is -0.809. The second-order valence-corrected chi connectivity index (χ2v) is 7.70. The number of aliphatic hydroxyl groups is 1. The molecule has 1 amide bonds. The van der Waals surface area contributed by atoms with Gasteiger partial charge in [-0.1, -0.05) is 13.0 Å². The molecule has 8 nitrogen and oxygen atoms in total. The zero-order valence-corrected chi connectivity index (χ0v) is 20.0. The lowest BCUT2D eigenvalue weighted by atomic mass is 9.95. The molecular weight excluding hydrogens is 438 g/mol. The summed E-state index contributed by atoms with van der Waals surface area (Å²) < 4.78 is 21.8. The minimum absolute atomic E-state index is 0.00884. The van der Waals surface area contributed by atoms with Gasteiger partial charge in [0.15, 0.2) is 11.5 Å². The number of carbonyl (C=O) groups is 2.